The number of benzene rings is 3. The zero-order chi connectivity index (χ0) is 21.9. The Kier molecular flexibility index (Phi) is 5.62. The molecule has 3 aromatic rings. The molecular weight excluding hydrogens is 410 g/mol. The van der Waals surface area contributed by atoms with Crippen LogP contribution in [-0.4, -0.2) is 49.7 Å². The van der Waals surface area contributed by atoms with Crippen molar-refractivity contribution < 1.29 is 23.8 Å². The summed E-state index contributed by atoms with van der Waals surface area (Å²) in [5.74, 6) is 0. The number of amides is 3. The molecule has 0 saturated carbocycles. The van der Waals surface area contributed by atoms with E-state index in [0.29, 0.717) is 5.69 Å². The number of urea groups is 1. The summed E-state index contributed by atoms with van der Waals surface area (Å²) >= 11 is 0. The zero-order valence-corrected chi connectivity index (χ0v) is 17.2. The predicted molar refractivity (Wildman–Crippen MR) is 120 cm³/mol. The summed E-state index contributed by atoms with van der Waals surface area (Å²) in [5.41, 5.74) is 1.37. The number of ether oxygens (including phenoxy) is 3. The quantitative estimate of drug-likeness (QED) is 0.582. The smallest absolute Gasteiger partial charge is 0.412 e. The Morgan fingerprint density at radius 2 is 1.56 bits per heavy atom. The second-order valence-electron chi connectivity index (χ2n) is 7.76. The minimum atomic E-state index is -0.570. The van der Waals surface area contributed by atoms with Crippen molar-refractivity contribution in [3.05, 3.63) is 72.8 Å². The van der Waals surface area contributed by atoms with E-state index in [1.54, 1.807) is 12.1 Å². The third kappa shape index (κ3) is 4.23. The molecule has 3 N–H and O–H groups in total. The molecule has 2 saturated heterocycles. The highest BCUT2D eigenvalue weighted by Crippen LogP contribution is 2.29. The fourth-order valence-electron chi connectivity index (χ4n) is 4.16. The zero-order valence-electron chi connectivity index (χ0n) is 17.2. The van der Waals surface area contributed by atoms with Gasteiger partial charge < -0.3 is 24.8 Å². The Morgan fingerprint density at radius 1 is 0.812 bits per heavy atom. The summed E-state index contributed by atoms with van der Waals surface area (Å²) in [6.07, 6.45) is -1.93. The molecule has 4 atom stereocenters. The van der Waals surface area contributed by atoms with Gasteiger partial charge in [-0.05, 0) is 23.6 Å². The molecule has 0 spiro atoms. The first kappa shape index (κ1) is 20.3. The van der Waals surface area contributed by atoms with Crippen LogP contribution < -0.4 is 16.0 Å². The summed E-state index contributed by atoms with van der Waals surface area (Å²) in [6, 6.07) is 22.0. The van der Waals surface area contributed by atoms with Crippen LogP contribution in [0.4, 0.5) is 21.0 Å². The molecule has 3 aromatic carbocycles. The normalized spacial score (nSPS) is 24.0. The lowest BCUT2D eigenvalue weighted by atomic mass is 10.1. The summed E-state index contributed by atoms with van der Waals surface area (Å²) in [5, 5.41) is 10.5. The van der Waals surface area contributed by atoms with Crippen molar-refractivity contribution >= 4 is 34.3 Å². The molecule has 2 aliphatic heterocycles. The molecule has 8 heteroatoms. The molecule has 0 aliphatic carbocycles. The summed E-state index contributed by atoms with van der Waals surface area (Å²) in [4.78, 5) is 24.8. The van der Waals surface area contributed by atoms with Crippen LogP contribution in [-0.2, 0) is 14.2 Å². The van der Waals surface area contributed by atoms with E-state index in [4.69, 9.17) is 14.2 Å². The van der Waals surface area contributed by atoms with Crippen molar-refractivity contribution in [1.82, 2.24) is 5.32 Å². The molecule has 8 nitrogen and oxygen atoms in total. The van der Waals surface area contributed by atoms with Crippen LogP contribution in [0.1, 0.15) is 0 Å². The molecule has 164 valence electrons. The second-order valence-corrected chi connectivity index (χ2v) is 7.76. The minimum absolute atomic E-state index is 0.209. The highest BCUT2D eigenvalue weighted by atomic mass is 16.6. The number of hydrogen-bond acceptors (Lipinski definition) is 5. The van der Waals surface area contributed by atoms with E-state index in [2.05, 4.69) is 16.0 Å². The topological polar surface area (TPSA) is 97.9 Å². The first-order chi connectivity index (χ1) is 15.7. The van der Waals surface area contributed by atoms with Gasteiger partial charge in [0.05, 0.1) is 24.9 Å². The van der Waals surface area contributed by atoms with Crippen LogP contribution in [0.25, 0.3) is 10.8 Å². The maximum Gasteiger partial charge on any atom is 0.412 e. The molecular formula is C24H23N3O5. The van der Waals surface area contributed by atoms with Crippen LogP contribution in [0.3, 0.4) is 0 Å². The van der Waals surface area contributed by atoms with E-state index in [1.807, 2.05) is 60.7 Å². The number of carbonyl (C=O) groups excluding carboxylic acids is 2. The minimum Gasteiger partial charge on any atom is -0.441 e. The van der Waals surface area contributed by atoms with E-state index in [0.717, 1.165) is 16.5 Å². The molecule has 2 aliphatic rings. The number of carbonyl (C=O) groups is 2. The van der Waals surface area contributed by atoms with Crippen molar-refractivity contribution in [3.63, 3.8) is 0 Å². The number of fused-ring (bicyclic) bond motifs is 2. The summed E-state index contributed by atoms with van der Waals surface area (Å²) in [7, 11) is 0. The van der Waals surface area contributed by atoms with E-state index in [9.17, 15) is 9.59 Å². The molecule has 0 aromatic heterocycles. The van der Waals surface area contributed by atoms with E-state index in [-0.39, 0.29) is 31.4 Å². The Labute approximate surface area is 184 Å². The van der Waals surface area contributed by atoms with E-state index >= 15 is 0 Å². The number of para-hydroxylation sites is 1. The monoisotopic (exact) mass is 433 g/mol. The largest absolute Gasteiger partial charge is 0.441 e. The maximum absolute atomic E-state index is 12.6. The Morgan fingerprint density at radius 3 is 2.44 bits per heavy atom. The van der Waals surface area contributed by atoms with Crippen molar-refractivity contribution in [2.45, 2.75) is 24.4 Å². The van der Waals surface area contributed by atoms with Gasteiger partial charge >= 0.3 is 12.1 Å². The van der Waals surface area contributed by atoms with Gasteiger partial charge in [0.15, 0.2) is 6.10 Å². The van der Waals surface area contributed by atoms with Crippen molar-refractivity contribution in [1.29, 1.82) is 0 Å². The van der Waals surface area contributed by atoms with Gasteiger partial charge in [-0.1, -0.05) is 54.6 Å². The Bertz CT molecular complexity index is 1120. The van der Waals surface area contributed by atoms with Crippen LogP contribution in [0.15, 0.2) is 72.8 Å². The van der Waals surface area contributed by atoms with Gasteiger partial charge in [-0.15, -0.1) is 0 Å². The maximum atomic E-state index is 12.6. The van der Waals surface area contributed by atoms with Gasteiger partial charge in [-0.2, -0.15) is 0 Å². The van der Waals surface area contributed by atoms with Crippen molar-refractivity contribution in [2.24, 2.45) is 0 Å². The second kappa shape index (κ2) is 8.86. The third-order valence-electron chi connectivity index (χ3n) is 5.64. The van der Waals surface area contributed by atoms with Crippen LogP contribution in [0.2, 0.25) is 0 Å². The molecule has 0 bridgehead atoms. The van der Waals surface area contributed by atoms with Gasteiger partial charge in [0.2, 0.25) is 0 Å². The number of anilines is 2. The standard InChI is InChI=1S/C24H23N3O5/c28-23(26-18-12-6-8-15-7-4-5-11-17(15)18)27-19-13-30-22-20(14-31-21(19)22)32-24(29)25-16-9-2-1-3-10-16/h1-12,19-22H,13-14H2,(H,25,29)(H2,26,27,28)/t19-,20+,21+,22+/m0/s1. The van der Waals surface area contributed by atoms with Gasteiger partial charge in [-0.25, -0.2) is 9.59 Å². The fraction of sp³-hybridized carbons (Fsp3) is 0.250. The van der Waals surface area contributed by atoms with Gasteiger partial charge in [0.1, 0.15) is 12.2 Å². The third-order valence-corrected chi connectivity index (χ3v) is 5.64. The molecule has 5 rings (SSSR count). The summed E-state index contributed by atoms with van der Waals surface area (Å²) < 4.78 is 17.1. The van der Waals surface area contributed by atoms with E-state index < -0.39 is 18.3 Å². The SMILES string of the molecule is O=C(Nc1cccc2ccccc12)N[C@H]1CO[C@H]2[C@@H]1OC[C@H]2OC(=O)Nc1ccccc1. The van der Waals surface area contributed by atoms with Crippen LogP contribution >= 0.6 is 0 Å². The van der Waals surface area contributed by atoms with Gasteiger partial charge in [0.25, 0.3) is 0 Å². The highest BCUT2D eigenvalue weighted by Gasteiger charge is 2.50. The lowest BCUT2D eigenvalue weighted by Crippen LogP contribution is -2.46. The highest BCUT2D eigenvalue weighted by molar-refractivity contribution is 6.01. The van der Waals surface area contributed by atoms with Gasteiger partial charge in [0, 0.05) is 11.1 Å². The fourth-order valence-corrected chi connectivity index (χ4v) is 4.16. The molecule has 0 unspecified atom stereocenters. The first-order valence-electron chi connectivity index (χ1n) is 10.5. The predicted octanol–water partition coefficient (Wildman–Crippen LogP) is 3.74. The number of hydrogen-bond donors (Lipinski definition) is 3. The van der Waals surface area contributed by atoms with Crippen LogP contribution in [0.5, 0.6) is 0 Å². The first-order valence-corrected chi connectivity index (χ1v) is 10.5. The molecule has 2 fully saturated rings. The van der Waals surface area contributed by atoms with Gasteiger partial charge in [-0.3, -0.25) is 5.32 Å². The average Bonchev–Trinajstić information content (AvgIpc) is 3.38. The number of nitrogens with one attached hydrogen (secondary N) is 3. The summed E-state index contributed by atoms with van der Waals surface area (Å²) in [6.45, 7) is 0.485. The number of rotatable bonds is 4. The van der Waals surface area contributed by atoms with E-state index in [1.165, 1.54) is 0 Å². The lowest BCUT2D eigenvalue weighted by molar-refractivity contribution is 0.00874. The Balaban J connectivity index is 1.17. The van der Waals surface area contributed by atoms with Crippen molar-refractivity contribution in [3.8, 4) is 0 Å². The molecule has 2 heterocycles. The van der Waals surface area contributed by atoms with Crippen molar-refractivity contribution in [2.75, 3.05) is 23.8 Å². The molecule has 0 radical (unpaired) electrons. The average molecular weight is 433 g/mol. The van der Waals surface area contributed by atoms with Crippen LogP contribution in [0, 0.1) is 0 Å². The molecule has 32 heavy (non-hydrogen) atoms. The Hall–Kier alpha value is -3.62. The molecule has 3 amide bonds. The lowest BCUT2D eigenvalue weighted by Gasteiger charge is -2.18.